The number of hydrogen-bond donors (Lipinski definition) is 0. The molecule has 0 nitrogen and oxygen atoms in total. The average Bonchev–Trinajstić information content (AvgIpc) is 3.19. The number of fused-ring (bicyclic) bond motifs is 1. The maximum absolute atomic E-state index is 14.8. The van der Waals surface area contributed by atoms with Crippen LogP contribution in [0.4, 0.5) is 13.2 Å². The predicted molar refractivity (Wildman–Crippen MR) is 135 cm³/mol. The molecule has 0 saturated heterocycles. The molecule has 2 atom stereocenters. The van der Waals surface area contributed by atoms with Gasteiger partial charge in [0.2, 0.25) is 0 Å². The fraction of sp³-hybridized carbons (Fsp3) is 0.308. The second-order valence-electron chi connectivity index (χ2n) is 8.85. The Balaban J connectivity index is 0.00000193. The minimum absolute atomic E-state index is 0. The molecule has 0 amide bonds. The summed E-state index contributed by atoms with van der Waals surface area (Å²) in [6, 6.07) is 9.83. The zero-order valence-corrected chi connectivity index (χ0v) is 24.7. The first kappa shape index (κ1) is 28.4. The van der Waals surface area contributed by atoms with Crippen molar-refractivity contribution < 1.29 is 33.5 Å². The molecule has 33 heavy (non-hydrogen) atoms. The van der Waals surface area contributed by atoms with Crippen LogP contribution in [-0.2, 0) is 20.4 Å². The van der Waals surface area contributed by atoms with Crippen molar-refractivity contribution in [2.45, 2.75) is 44.4 Å². The van der Waals surface area contributed by atoms with Crippen molar-refractivity contribution in [3.8, 4) is 0 Å². The first-order chi connectivity index (χ1) is 14.6. The van der Waals surface area contributed by atoms with Gasteiger partial charge in [0, 0.05) is 0 Å². The van der Waals surface area contributed by atoms with Crippen molar-refractivity contribution in [3.63, 3.8) is 0 Å². The molecule has 2 aliphatic carbocycles. The minimum Gasteiger partial charge on any atom is -0.147 e. The minimum atomic E-state index is -2.27. The molecule has 0 spiro atoms. The third-order valence-electron chi connectivity index (χ3n) is 7.01. The van der Waals surface area contributed by atoms with Crippen LogP contribution in [0.3, 0.4) is 0 Å². The van der Waals surface area contributed by atoms with Crippen molar-refractivity contribution in [2.24, 2.45) is 5.92 Å². The summed E-state index contributed by atoms with van der Waals surface area (Å²) in [5.74, 6) is -2.36. The Morgan fingerprint density at radius 1 is 0.848 bits per heavy atom. The van der Waals surface area contributed by atoms with E-state index in [1.54, 1.807) is 3.28 Å². The Morgan fingerprint density at radius 2 is 1.45 bits per heavy atom. The molecule has 0 bridgehead atoms. The van der Waals surface area contributed by atoms with E-state index in [1.165, 1.54) is 16.7 Å². The van der Waals surface area contributed by atoms with Crippen LogP contribution >= 0.6 is 24.8 Å². The van der Waals surface area contributed by atoms with E-state index in [4.69, 9.17) is 0 Å². The zero-order chi connectivity index (χ0) is 22.6. The normalized spacial score (nSPS) is 19.1. The van der Waals surface area contributed by atoms with Gasteiger partial charge in [-0.2, -0.15) is 0 Å². The standard InChI is InChI=1S/C15H8F3.C9H13.C2H6Si.2ClH.Zr/c16-12-7-8-13(17)15(18)14(12)11-6-5-9-3-1-2-4-10(9)11;1-6-5-7(2)9(4)8(6)3;1-3-2;;;/h1-8H;6H,1-4H3;1-2H3;2*1H;. The number of allylic oxidation sites excluding steroid dienone is 5. The molecule has 0 radical (unpaired) electrons. The molecule has 2 aromatic rings. The second kappa shape index (κ2) is 10.8. The maximum Gasteiger partial charge on any atom is -0.147 e. The summed E-state index contributed by atoms with van der Waals surface area (Å²) < 4.78 is 45.4. The van der Waals surface area contributed by atoms with E-state index in [2.05, 4.69) is 52.9 Å². The molecular formula is C26H29Cl2F3SiZr. The Kier molecular flexibility index (Phi) is 9.29. The smallest absolute Gasteiger partial charge is 0.147 e. The topological polar surface area (TPSA) is 0 Å². The molecule has 4 rings (SSSR count). The van der Waals surface area contributed by atoms with E-state index in [0.29, 0.717) is 11.5 Å². The first-order valence-corrected chi connectivity index (χ1v) is 19.5. The van der Waals surface area contributed by atoms with E-state index < -0.39 is 43.3 Å². The molecule has 0 fully saturated rings. The molecule has 176 valence electrons. The number of benzene rings is 2. The van der Waals surface area contributed by atoms with Crippen LogP contribution in [0.15, 0.2) is 62.5 Å². The van der Waals surface area contributed by atoms with Gasteiger partial charge in [0.05, 0.1) is 0 Å². The molecule has 2 unspecified atom stereocenters. The monoisotopic (exact) mass is 586 g/mol. The van der Waals surface area contributed by atoms with Crippen molar-refractivity contribution in [1.82, 2.24) is 0 Å². The maximum atomic E-state index is 14.8. The van der Waals surface area contributed by atoms with Gasteiger partial charge in [-0.05, 0) is 0 Å². The van der Waals surface area contributed by atoms with E-state index >= 15 is 0 Å². The molecular weight excluding hydrogens is 559 g/mol. The summed E-state index contributed by atoms with van der Waals surface area (Å²) in [6.45, 7) is 13.8. The Morgan fingerprint density at radius 3 is 2.03 bits per heavy atom. The van der Waals surface area contributed by atoms with Gasteiger partial charge >= 0.3 is 191 Å². The second-order valence-corrected chi connectivity index (χ2v) is 26.3. The van der Waals surface area contributed by atoms with E-state index in [1.807, 2.05) is 18.2 Å². The van der Waals surface area contributed by atoms with Gasteiger partial charge < -0.3 is 0 Å². The molecule has 0 N–H and O–H groups in total. The van der Waals surface area contributed by atoms with Crippen LogP contribution in [0.25, 0.3) is 5.57 Å². The molecule has 2 aromatic carbocycles. The number of rotatable bonds is 3. The third-order valence-corrected chi connectivity index (χ3v) is 25.6. The first-order valence-electron chi connectivity index (χ1n) is 10.7. The van der Waals surface area contributed by atoms with Crippen molar-refractivity contribution in [2.75, 3.05) is 0 Å². The van der Waals surface area contributed by atoms with Crippen molar-refractivity contribution >= 4 is 35.8 Å². The summed E-state index contributed by atoms with van der Waals surface area (Å²) in [6.07, 6.45) is 2.08. The third kappa shape index (κ3) is 4.68. The van der Waals surface area contributed by atoms with E-state index in [-0.39, 0.29) is 34.0 Å². The SMILES string of the molecule is CC1=C(C)C(C)[C]([Zr]([CH]2C=C(c3c(F)ccc(F)c3F)c3ccccc32)=[Si](C)C)=C1C.Cl.Cl. The van der Waals surface area contributed by atoms with Gasteiger partial charge in [-0.25, -0.2) is 0 Å². The zero-order valence-electron chi connectivity index (χ0n) is 19.6. The largest absolute Gasteiger partial charge is 0.147 e. The van der Waals surface area contributed by atoms with Crippen LogP contribution in [0.2, 0.25) is 13.1 Å². The summed E-state index contributed by atoms with van der Waals surface area (Å²) in [5, 5.41) is 0. The quantitative estimate of drug-likeness (QED) is 0.249. The Bertz CT molecular complexity index is 1240. The van der Waals surface area contributed by atoms with E-state index in [9.17, 15) is 13.2 Å². The average molecular weight is 589 g/mol. The van der Waals surface area contributed by atoms with Gasteiger partial charge in [0.15, 0.2) is 0 Å². The van der Waals surface area contributed by atoms with Gasteiger partial charge in [0.1, 0.15) is 0 Å². The molecule has 2 aliphatic rings. The summed E-state index contributed by atoms with van der Waals surface area (Å²) in [7, 11) is 0. The van der Waals surface area contributed by atoms with E-state index in [0.717, 1.165) is 23.3 Å². The molecule has 0 heterocycles. The summed E-state index contributed by atoms with van der Waals surface area (Å²) >= 11 is -2.27. The van der Waals surface area contributed by atoms with Gasteiger partial charge in [0.25, 0.3) is 0 Å². The molecule has 0 saturated carbocycles. The number of halogens is 5. The Hall–Kier alpha value is -0.870. The van der Waals surface area contributed by atoms with Crippen LogP contribution in [0.5, 0.6) is 0 Å². The fourth-order valence-electron chi connectivity index (χ4n) is 5.14. The van der Waals surface area contributed by atoms with Gasteiger partial charge in [-0.3, -0.25) is 0 Å². The molecule has 0 aliphatic heterocycles. The van der Waals surface area contributed by atoms with Crippen LogP contribution in [0.1, 0.15) is 48.0 Å². The van der Waals surface area contributed by atoms with Crippen molar-refractivity contribution in [3.05, 3.63) is 96.6 Å². The predicted octanol–water partition coefficient (Wildman–Crippen LogP) is 8.56. The van der Waals surface area contributed by atoms with Gasteiger partial charge in [-0.15, -0.1) is 24.8 Å². The van der Waals surface area contributed by atoms with Crippen LogP contribution in [-0.4, -0.2) is 5.43 Å². The summed E-state index contributed by atoms with van der Waals surface area (Å²) in [4.78, 5) is 0. The summed E-state index contributed by atoms with van der Waals surface area (Å²) in [5.41, 5.74) is 5.97. The fourth-order valence-corrected chi connectivity index (χ4v) is 24.8. The van der Waals surface area contributed by atoms with Crippen LogP contribution in [0, 0.1) is 23.4 Å². The molecule has 0 aromatic heterocycles. The van der Waals surface area contributed by atoms with Crippen LogP contribution < -0.4 is 0 Å². The number of hydrogen-bond acceptors (Lipinski definition) is 0. The van der Waals surface area contributed by atoms with Gasteiger partial charge in [-0.1, -0.05) is 0 Å². The van der Waals surface area contributed by atoms with Crippen molar-refractivity contribution in [1.29, 1.82) is 0 Å². The molecule has 7 heteroatoms. The Labute approximate surface area is 215 Å².